The molecule has 0 aliphatic rings. The van der Waals surface area contributed by atoms with Crippen LogP contribution < -0.4 is 0 Å². The molecule has 0 saturated heterocycles. The molecule has 0 fully saturated rings. The Hall–Kier alpha value is -1.33. The van der Waals surface area contributed by atoms with Crippen molar-refractivity contribution in [1.82, 2.24) is 4.98 Å². The molecule has 0 amide bonds. The fraction of sp³-hybridized carbons (Fsp3) is 0.200. The van der Waals surface area contributed by atoms with Gasteiger partial charge < -0.3 is 0 Å². The van der Waals surface area contributed by atoms with Crippen LogP contribution in [-0.4, -0.2) is 10.9 Å². The van der Waals surface area contributed by atoms with Crippen molar-refractivity contribution < 1.29 is 0 Å². The SMILES string of the molecule is N#Cc1cccnc1C=CCCCl. The molecule has 0 atom stereocenters. The number of rotatable bonds is 3. The first-order chi connectivity index (χ1) is 6.38. The van der Waals surface area contributed by atoms with Crippen LogP contribution in [0, 0.1) is 11.3 Å². The van der Waals surface area contributed by atoms with Crippen molar-refractivity contribution in [2.24, 2.45) is 0 Å². The molecular weight excluding hydrogens is 184 g/mol. The molecule has 0 bridgehead atoms. The summed E-state index contributed by atoms with van der Waals surface area (Å²) in [5, 5.41) is 8.73. The largest absolute Gasteiger partial charge is 0.256 e. The van der Waals surface area contributed by atoms with E-state index in [1.54, 1.807) is 18.3 Å². The van der Waals surface area contributed by atoms with Crippen LogP contribution in [0.15, 0.2) is 24.4 Å². The second-order valence-electron chi connectivity index (χ2n) is 2.43. The average Bonchev–Trinajstić information content (AvgIpc) is 2.19. The van der Waals surface area contributed by atoms with Gasteiger partial charge in [-0.15, -0.1) is 11.6 Å². The van der Waals surface area contributed by atoms with Gasteiger partial charge in [0.2, 0.25) is 0 Å². The first-order valence-corrected chi connectivity index (χ1v) is 4.49. The predicted octanol–water partition coefficient (Wildman–Crippen LogP) is 2.60. The van der Waals surface area contributed by atoms with Gasteiger partial charge in [0.15, 0.2) is 0 Å². The highest BCUT2D eigenvalue weighted by molar-refractivity contribution is 6.17. The first kappa shape index (κ1) is 9.76. The van der Waals surface area contributed by atoms with Crippen LogP contribution in [0.4, 0.5) is 0 Å². The van der Waals surface area contributed by atoms with Gasteiger partial charge >= 0.3 is 0 Å². The highest BCUT2D eigenvalue weighted by atomic mass is 35.5. The lowest BCUT2D eigenvalue weighted by Crippen LogP contribution is -1.85. The summed E-state index contributed by atoms with van der Waals surface area (Å²) in [6, 6.07) is 5.57. The number of pyridine rings is 1. The molecule has 3 heteroatoms. The van der Waals surface area contributed by atoms with E-state index in [2.05, 4.69) is 11.1 Å². The Morgan fingerprint density at radius 1 is 1.62 bits per heavy atom. The lowest BCUT2D eigenvalue weighted by molar-refractivity contribution is 1.22. The second kappa shape index (κ2) is 5.34. The lowest BCUT2D eigenvalue weighted by Gasteiger charge is -1.93. The Balaban J connectivity index is 2.82. The molecule has 1 rings (SSSR count). The van der Waals surface area contributed by atoms with E-state index in [1.807, 2.05) is 12.2 Å². The van der Waals surface area contributed by atoms with Crippen LogP contribution in [0.1, 0.15) is 17.7 Å². The van der Waals surface area contributed by atoms with Crippen LogP contribution in [-0.2, 0) is 0 Å². The van der Waals surface area contributed by atoms with E-state index in [4.69, 9.17) is 16.9 Å². The van der Waals surface area contributed by atoms with Crippen molar-refractivity contribution in [3.63, 3.8) is 0 Å². The summed E-state index contributed by atoms with van der Waals surface area (Å²) in [5.74, 6) is 0.589. The molecular formula is C10H9ClN2. The summed E-state index contributed by atoms with van der Waals surface area (Å²) in [5.41, 5.74) is 1.29. The molecule has 66 valence electrons. The molecule has 0 radical (unpaired) electrons. The number of nitrogens with zero attached hydrogens (tertiary/aromatic N) is 2. The quantitative estimate of drug-likeness (QED) is 0.691. The Morgan fingerprint density at radius 3 is 3.15 bits per heavy atom. The monoisotopic (exact) mass is 192 g/mol. The highest BCUT2D eigenvalue weighted by Crippen LogP contribution is 2.06. The second-order valence-corrected chi connectivity index (χ2v) is 2.81. The minimum absolute atomic E-state index is 0.589. The Kier molecular flexibility index (Phi) is 4.01. The van der Waals surface area contributed by atoms with Gasteiger partial charge in [0.25, 0.3) is 0 Å². The van der Waals surface area contributed by atoms with Gasteiger partial charge in [0.05, 0.1) is 11.3 Å². The van der Waals surface area contributed by atoms with E-state index in [9.17, 15) is 0 Å². The van der Waals surface area contributed by atoms with E-state index in [1.165, 1.54) is 0 Å². The van der Waals surface area contributed by atoms with Gasteiger partial charge in [-0.1, -0.05) is 6.08 Å². The number of hydrogen-bond donors (Lipinski definition) is 0. The molecule has 0 aliphatic carbocycles. The van der Waals surface area contributed by atoms with Gasteiger partial charge in [-0.05, 0) is 24.6 Å². The number of halogens is 1. The van der Waals surface area contributed by atoms with E-state index >= 15 is 0 Å². The Bertz CT molecular complexity index is 339. The Labute approximate surface area is 82.5 Å². The standard InChI is InChI=1S/C10H9ClN2/c11-6-2-1-5-10-9(8-12)4-3-7-13-10/h1,3-5,7H,2,6H2. The topological polar surface area (TPSA) is 36.7 Å². The number of aromatic nitrogens is 1. The molecule has 0 aromatic carbocycles. The van der Waals surface area contributed by atoms with Crippen LogP contribution in [0.5, 0.6) is 0 Å². The van der Waals surface area contributed by atoms with Crippen molar-refractivity contribution in [3.05, 3.63) is 35.7 Å². The third-order valence-electron chi connectivity index (χ3n) is 1.51. The summed E-state index contributed by atoms with van der Waals surface area (Å²) in [7, 11) is 0. The third-order valence-corrected chi connectivity index (χ3v) is 1.73. The van der Waals surface area contributed by atoms with Crippen molar-refractivity contribution in [2.75, 3.05) is 5.88 Å². The molecule has 0 aliphatic heterocycles. The van der Waals surface area contributed by atoms with Gasteiger partial charge in [-0.2, -0.15) is 5.26 Å². The molecule has 1 heterocycles. The van der Waals surface area contributed by atoms with Gasteiger partial charge in [-0.25, -0.2) is 0 Å². The summed E-state index contributed by atoms with van der Waals surface area (Å²) >= 11 is 5.50. The zero-order valence-corrected chi connectivity index (χ0v) is 7.83. The molecule has 0 saturated carbocycles. The summed E-state index contributed by atoms with van der Waals surface area (Å²) in [6.45, 7) is 0. The van der Waals surface area contributed by atoms with Crippen LogP contribution in [0.3, 0.4) is 0 Å². The summed E-state index contributed by atoms with van der Waals surface area (Å²) < 4.78 is 0. The molecule has 13 heavy (non-hydrogen) atoms. The third kappa shape index (κ3) is 2.89. The molecule has 2 nitrogen and oxygen atoms in total. The fourth-order valence-corrected chi connectivity index (χ4v) is 1.03. The lowest BCUT2D eigenvalue weighted by atomic mass is 10.2. The maximum Gasteiger partial charge on any atom is 0.101 e. The van der Waals surface area contributed by atoms with E-state index < -0.39 is 0 Å². The van der Waals surface area contributed by atoms with E-state index in [0.717, 1.165) is 6.42 Å². The molecule has 0 spiro atoms. The minimum atomic E-state index is 0.589. The summed E-state index contributed by atoms with van der Waals surface area (Å²) in [4.78, 5) is 4.07. The zero-order valence-electron chi connectivity index (χ0n) is 7.07. The van der Waals surface area contributed by atoms with Crippen LogP contribution in [0.2, 0.25) is 0 Å². The predicted molar refractivity (Wildman–Crippen MR) is 53.3 cm³/mol. The zero-order chi connectivity index (χ0) is 9.52. The number of hydrogen-bond acceptors (Lipinski definition) is 2. The first-order valence-electron chi connectivity index (χ1n) is 3.96. The van der Waals surface area contributed by atoms with Gasteiger partial charge in [0.1, 0.15) is 6.07 Å². The average molecular weight is 193 g/mol. The van der Waals surface area contributed by atoms with Crippen molar-refractivity contribution in [1.29, 1.82) is 5.26 Å². The fourth-order valence-electron chi connectivity index (χ4n) is 0.903. The summed E-state index contributed by atoms with van der Waals surface area (Å²) in [6.07, 6.45) is 6.20. The van der Waals surface area contributed by atoms with Crippen LogP contribution in [0.25, 0.3) is 6.08 Å². The van der Waals surface area contributed by atoms with Crippen molar-refractivity contribution >= 4 is 17.7 Å². The number of alkyl halides is 1. The molecule has 0 unspecified atom stereocenters. The molecule has 1 aromatic heterocycles. The number of allylic oxidation sites excluding steroid dienone is 1. The van der Waals surface area contributed by atoms with Crippen molar-refractivity contribution in [2.45, 2.75) is 6.42 Å². The van der Waals surface area contributed by atoms with Gasteiger partial charge in [0, 0.05) is 12.1 Å². The van der Waals surface area contributed by atoms with Gasteiger partial charge in [-0.3, -0.25) is 4.98 Å². The Morgan fingerprint density at radius 2 is 2.46 bits per heavy atom. The minimum Gasteiger partial charge on any atom is -0.256 e. The smallest absolute Gasteiger partial charge is 0.101 e. The number of nitriles is 1. The normalized spacial score (nSPS) is 10.2. The maximum atomic E-state index is 8.73. The maximum absolute atomic E-state index is 8.73. The molecule has 0 N–H and O–H groups in total. The molecule has 1 aromatic rings. The van der Waals surface area contributed by atoms with E-state index in [-0.39, 0.29) is 0 Å². The van der Waals surface area contributed by atoms with Crippen molar-refractivity contribution in [3.8, 4) is 6.07 Å². The highest BCUT2D eigenvalue weighted by Gasteiger charge is 1.96. The van der Waals surface area contributed by atoms with E-state index in [0.29, 0.717) is 17.1 Å². The van der Waals surface area contributed by atoms with Crippen LogP contribution >= 0.6 is 11.6 Å².